The molecule has 2 N–H and O–H groups in total. The first-order valence-electron chi connectivity index (χ1n) is 7.81. The van der Waals surface area contributed by atoms with E-state index in [4.69, 9.17) is 15.2 Å². The monoisotopic (exact) mass is 419 g/mol. The number of hydrogen-bond donors (Lipinski definition) is 1. The lowest BCUT2D eigenvalue weighted by molar-refractivity contribution is -0.129. The van der Waals surface area contributed by atoms with Gasteiger partial charge in [-0.05, 0) is 24.6 Å². The third-order valence-electron chi connectivity index (χ3n) is 4.09. The van der Waals surface area contributed by atoms with Crippen LogP contribution in [0.15, 0.2) is 23.6 Å². The fraction of sp³-hybridized carbons (Fsp3) is 0.412. The number of likely N-dealkylation sites (tertiary alicyclic amines) is 1. The van der Waals surface area contributed by atoms with Crippen molar-refractivity contribution < 1.29 is 14.3 Å². The van der Waals surface area contributed by atoms with Gasteiger partial charge in [0.05, 0.1) is 26.3 Å². The van der Waals surface area contributed by atoms with Crippen molar-refractivity contribution in [1.29, 1.82) is 0 Å². The van der Waals surface area contributed by atoms with Gasteiger partial charge in [0.25, 0.3) is 0 Å². The zero-order valence-electron chi connectivity index (χ0n) is 14.6. The lowest BCUT2D eigenvalue weighted by atomic mass is 10.2. The summed E-state index contributed by atoms with van der Waals surface area (Å²) in [6, 6.07) is 5.78. The number of benzene rings is 1. The minimum Gasteiger partial charge on any atom is -0.493 e. The first kappa shape index (κ1) is 22.5. The first-order valence-corrected chi connectivity index (χ1v) is 8.69. The molecule has 0 unspecified atom stereocenters. The topological polar surface area (TPSA) is 77.7 Å². The predicted molar refractivity (Wildman–Crippen MR) is 108 cm³/mol. The van der Waals surface area contributed by atoms with Gasteiger partial charge in [-0.2, -0.15) is 0 Å². The molecule has 1 aliphatic heterocycles. The minimum absolute atomic E-state index is 0. The molecular weight excluding hydrogens is 397 g/mol. The molecule has 144 valence electrons. The summed E-state index contributed by atoms with van der Waals surface area (Å²) in [5.41, 5.74) is 7.59. The molecule has 1 saturated heterocycles. The molecule has 0 bridgehead atoms. The summed E-state index contributed by atoms with van der Waals surface area (Å²) < 4.78 is 10.6. The highest BCUT2D eigenvalue weighted by Crippen LogP contribution is 2.33. The number of aromatic nitrogens is 1. The number of nitrogens with two attached hydrogens (primary N) is 1. The van der Waals surface area contributed by atoms with Crippen LogP contribution in [0.5, 0.6) is 11.5 Å². The molecular formula is C17H23Cl2N3O3S. The second-order valence-electron chi connectivity index (χ2n) is 5.78. The van der Waals surface area contributed by atoms with Crippen LogP contribution in [0.25, 0.3) is 10.6 Å². The average Bonchev–Trinajstić information content (AvgIpc) is 3.23. The molecule has 1 atom stereocenters. The summed E-state index contributed by atoms with van der Waals surface area (Å²) in [6.07, 6.45) is 1.19. The van der Waals surface area contributed by atoms with Crippen molar-refractivity contribution >= 4 is 42.1 Å². The average molecular weight is 420 g/mol. The Morgan fingerprint density at radius 1 is 1.31 bits per heavy atom. The Bertz CT molecular complexity index is 742. The molecule has 1 fully saturated rings. The molecule has 1 aromatic carbocycles. The molecule has 3 rings (SSSR count). The molecule has 0 spiro atoms. The molecule has 0 aliphatic carbocycles. The number of ether oxygens (including phenoxy) is 2. The van der Waals surface area contributed by atoms with Crippen molar-refractivity contribution in [2.75, 3.05) is 27.3 Å². The van der Waals surface area contributed by atoms with Gasteiger partial charge in [0.1, 0.15) is 5.01 Å². The van der Waals surface area contributed by atoms with Gasteiger partial charge in [-0.3, -0.25) is 4.79 Å². The van der Waals surface area contributed by atoms with E-state index < -0.39 is 0 Å². The molecule has 6 nitrogen and oxygen atoms in total. The SMILES string of the molecule is COc1ccc(-c2nc(CC(=O)N3CC[C@@H](N)C3)cs2)cc1OC.Cl.Cl. The highest BCUT2D eigenvalue weighted by Gasteiger charge is 2.24. The number of rotatable bonds is 5. The molecule has 9 heteroatoms. The Morgan fingerprint density at radius 2 is 2.04 bits per heavy atom. The van der Waals surface area contributed by atoms with E-state index in [1.54, 1.807) is 14.2 Å². The third kappa shape index (κ3) is 5.01. The highest BCUT2D eigenvalue weighted by molar-refractivity contribution is 7.13. The molecule has 2 heterocycles. The number of nitrogens with zero attached hydrogens (tertiary/aromatic N) is 2. The lowest BCUT2D eigenvalue weighted by Crippen LogP contribution is -2.32. The van der Waals surface area contributed by atoms with Gasteiger partial charge >= 0.3 is 0 Å². The minimum atomic E-state index is 0. The number of thiazole rings is 1. The van der Waals surface area contributed by atoms with E-state index in [0.29, 0.717) is 24.5 Å². The number of carbonyl (C=O) groups is 1. The van der Waals surface area contributed by atoms with Crippen molar-refractivity contribution in [2.45, 2.75) is 18.9 Å². The number of halogens is 2. The van der Waals surface area contributed by atoms with Crippen molar-refractivity contribution in [2.24, 2.45) is 5.73 Å². The number of methoxy groups -OCH3 is 2. The Kier molecular flexibility index (Phi) is 8.62. The highest BCUT2D eigenvalue weighted by atomic mass is 35.5. The van der Waals surface area contributed by atoms with Crippen molar-refractivity contribution in [3.8, 4) is 22.1 Å². The van der Waals surface area contributed by atoms with Crippen LogP contribution in [-0.4, -0.2) is 49.1 Å². The molecule has 1 amide bonds. The van der Waals surface area contributed by atoms with Gasteiger partial charge in [0.15, 0.2) is 11.5 Å². The molecule has 0 saturated carbocycles. The Balaban J connectivity index is 0.00000169. The second kappa shape index (κ2) is 9.97. The fourth-order valence-electron chi connectivity index (χ4n) is 2.77. The second-order valence-corrected chi connectivity index (χ2v) is 6.64. The van der Waals surface area contributed by atoms with E-state index in [-0.39, 0.29) is 36.8 Å². The number of hydrogen-bond acceptors (Lipinski definition) is 6. The van der Waals surface area contributed by atoms with Crippen LogP contribution in [0.2, 0.25) is 0 Å². The van der Waals surface area contributed by atoms with Crippen LogP contribution in [0.1, 0.15) is 12.1 Å². The van der Waals surface area contributed by atoms with Crippen LogP contribution in [0, 0.1) is 0 Å². The van der Waals surface area contributed by atoms with Crippen LogP contribution in [-0.2, 0) is 11.2 Å². The molecule has 26 heavy (non-hydrogen) atoms. The zero-order chi connectivity index (χ0) is 17.1. The quantitative estimate of drug-likeness (QED) is 0.805. The van der Waals surface area contributed by atoms with E-state index in [2.05, 4.69) is 4.98 Å². The summed E-state index contributed by atoms with van der Waals surface area (Å²) in [7, 11) is 3.21. The molecule has 1 aliphatic rings. The smallest absolute Gasteiger partial charge is 0.228 e. The van der Waals surface area contributed by atoms with E-state index in [9.17, 15) is 4.79 Å². The largest absolute Gasteiger partial charge is 0.493 e. The maximum absolute atomic E-state index is 12.3. The zero-order valence-corrected chi connectivity index (χ0v) is 17.1. The summed E-state index contributed by atoms with van der Waals surface area (Å²) in [4.78, 5) is 18.7. The number of carbonyl (C=O) groups excluding carboxylic acids is 1. The van der Waals surface area contributed by atoms with Crippen LogP contribution < -0.4 is 15.2 Å². The summed E-state index contributed by atoms with van der Waals surface area (Å²) in [6.45, 7) is 1.39. The maximum Gasteiger partial charge on any atom is 0.228 e. The van der Waals surface area contributed by atoms with E-state index in [0.717, 1.165) is 29.2 Å². The van der Waals surface area contributed by atoms with E-state index in [1.165, 1.54) is 11.3 Å². The molecule has 1 aromatic heterocycles. The van der Waals surface area contributed by atoms with Gasteiger partial charge in [0, 0.05) is 30.1 Å². The van der Waals surface area contributed by atoms with Gasteiger partial charge in [-0.1, -0.05) is 0 Å². The van der Waals surface area contributed by atoms with Gasteiger partial charge in [0.2, 0.25) is 5.91 Å². The molecule has 2 aromatic rings. The van der Waals surface area contributed by atoms with Crippen LogP contribution >= 0.6 is 36.2 Å². The van der Waals surface area contributed by atoms with Crippen LogP contribution in [0.4, 0.5) is 0 Å². The Hall–Kier alpha value is -1.54. The maximum atomic E-state index is 12.3. The number of amides is 1. The first-order chi connectivity index (χ1) is 11.6. The van der Waals surface area contributed by atoms with E-state index in [1.807, 2.05) is 28.5 Å². The molecule has 0 radical (unpaired) electrons. The van der Waals surface area contributed by atoms with Gasteiger partial charge in [-0.15, -0.1) is 36.2 Å². The Morgan fingerprint density at radius 3 is 2.65 bits per heavy atom. The third-order valence-corrected chi connectivity index (χ3v) is 5.03. The van der Waals surface area contributed by atoms with Gasteiger partial charge in [-0.25, -0.2) is 4.98 Å². The van der Waals surface area contributed by atoms with E-state index >= 15 is 0 Å². The van der Waals surface area contributed by atoms with Crippen LogP contribution in [0.3, 0.4) is 0 Å². The normalized spacial score (nSPS) is 15.8. The summed E-state index contributed by atoms with van der Waals surface area (Å²) in [5.74, 6) is 1.43. The summed E-state index contributed by atoms with van der Waals surface area (Å²) >= 11 is 1.52. The van der Waals surface area contributed by atoms with Crippen molar-refractivity contribution in [1.82, 2.24) is 9.88 Å². The standard InChI is InChI=1S/C17H21N3O3S.2ClH/c1-22-14-4-3-11(7-15(14)23-2)17-19-13(10-24-17)8-16(21)20-6-5-12(18)9-20;;/h3-4,7,10,12H,5-6,8-9,18H2,1-2H3;2*1H/t12-;;/m1../s1. The summed E-state index contributed by atoms with van der Waals surface area (Å²) in [5, 5.41) is 2.79. The van der Waals surface area contributed by atoms with Crippen molar-refractivity contribution in [3.63, 3.8) is 0 Å². The Labute approximate surface area is 169 Å². The van der Waals surface area contributed by atoms with Gasteiger partial charge < -0.3 is 20.1 Å². The lowest BCUT2D eigenvalue weighted by Gasteiger charge is -2.14. The predicted octanol–water partition coefficient (Wildman–Crippen LogP) is 2.77. The fourth-order valence-corrected chi connectivity index (χ4v) is 3.59. The van der Waals surface area contributed by atoms with Crippen molar-refractivity contribution in [3.05, 3.63) is 29.3 Å².